The van der Waals surface area contributed by atoms with Crippen molar-refractivity contribution in [2.75, 3.05) is 5.73 Å². The Morgan fingerprint density at radius 3 is 1.53 bits per heavy atom. The zero-order valence-electron chi connectivity index (χ0n) is 11.2. The van der Waals surface area contributed by atoms with E-state index < -0.39 is 0 Å². The Balaban J connectivity index is 0.000000921. The number of benzene rings is 1. The summed E-state index contributed by atoms with van der Waals surface area (Å²) in [6.45, 7) is 14.8. The van der Waals surface area contributed by atoms with Crippen LogP contribution < -0.4 is 5.73 Å². The van der Waals surface area contributed by atoms with E-state index in [1.54, 1.807) is 0 Å². The second kappa shape index (κ2) is 5.20. The van der Waals surface area contributed by atoms with Crippen LogP contribution in [0.25, 0.3) is 0 Å². The Hall–Kier alpha value is -0.980. The minimum absolute atomic E-state index is 0.212. The molecule has 86 valence electrons. The SMILES string of the molecule is CC.Cc1cc(C(C)(C)C)cc(C)c1N. The van der Waals surface area contributed by atoms with E-state index in [1.807, 2.05) is 13.8 Å². The molecule has 1 nitrogen and oxygen atoms in total. The number of aryl methyl sites for hydroxylation is 2. The van der Waals surface area contributed by atoms with Gasteiger partial charge in [-0.25, -0.2) is 0 Å². The summed E-state index contributed by atoms with van der Waals surface area (Å²) in [7, 11) is 0. The summed E-state index contributed by atoms with van der Waals surface area (Å²) in [4.78, 5) is 0. The van der Waals surface area contributed by atoms with Crippen molar-refractivity contribution in [1.82, 2.24) is 0 Å². The first-order chi connectivity index (χ1) is 6.82. The van der Waals surface area contributed by atoms with Crippen molar-refractivity contribution in [1.29, 1.82) is 0 Å². The molecular weight excluding hydrogens is 182 g/mol. The maximum absolute atomic E-state index is 5.89. The molecule has 15 heavy (non-hydrogen) atoms. The fourth-order valence-corrected chi connectivity index (χ4v) is 1.41. The highest BCUT2D eigenvalue weighted by Crippen LogP contribution is 2.27. The lowest BCUT2D eigenvalue weighted by molar-refractivity contribution is 0.589. The molecule has 0 radical (unpaired) electrons. The molecule has 0 unspecified atom stereocenters. The van der Waals surface area contributed by atoms with Crippen LogP contribution in [0.5, 0.6) is 0 Å². The van der Waals surface area contributed by atoms with Gasteiger partial charge in [-0.15, -0.1) is 0 Å². The van der Waals surface area contributed by atoms with E-state index in [0.29, 0.717) is 0 Å². The molecule has 1 aromatic rings. The smallest absolute Gasteiger partial charge is 0.0373 e. The van der Waals surface area contributed by atoms with Crippen molar-refractivity contribution >= 4 is 5.69 Å². The van der Waals surface area contributed by atoms with Crippen molar-refractivity contribution in [3.63, 3.8) is 0 Å². The molecule has 0 atom stereocenters. The third-order valence-corrected chi connectivity index (χ3v) is 2.46. The summed E-state index contributed by atoms with van der Waals surface area (Å²) < 4.78 is 0. The number of hydrogen-bond acceptors (Lipinski definition) is 1. The number of rotatable bonds is 0. The van der Waals surface area contributed by atoms with Gasteiger partial charge in [-0.3, -0.25) is 0 Å². The highest BCUT2D eigenvalue weighted by Gasteiger charge is 2.15. The average Bonchev–Trinajstić information content (AvgIpc) is 2.15. The minimum Gasteiger partial charge on any atom is -0.398 e. The first-order valence-corrected chi connectivity index (χ1v) is 5.69. The molecule has 0 amide bonds. The molecular formula is C14H25N. The molecule has 0 heterocycles. The van der Waals surface area contributed by atoms with Crippen molar-refractivity contribution in [2.24, 2.45) is 0 Å². The summed E-state index contributed by atoms with van der Waals surface area (Å²) >= 11 is 0. The zero-order valence-corrected chi connectivity index (χ0v) is 11.2. The van der Waals surface area contributed by atoms with Crippen LogP contribution >= 0.6 is 0 Å². The molecule has 1 aromatic carbocycles. The van der Waals surface area contributed by atoms with Crippen LogP contribution in [0.2, 0.25) is 0 Å². The number of anilines is 1. The van der Waals surface area contributed by atoms with Crippen LogP contribution in [0.4, 0.5) is 5.69 Å². The fraction of sp³-hybridized carbons (Fsp3) is 0.571. The molecule has 0 saturated carbocycles. The molecule has 0 bridgehead atoms. The lowest BCUT2D eigenvalue weighted by Crippen LogP contribution is -2.12. The molecule has 0 aliphatic heterocycles. The van der Waals surface area contributed by atoms with E-state index in [0.717, 1.165) is 5.69 Å². The van der Waals surface area contributed by atoms with Gasteiger partial charge in [-0.1, -0.05) is 46.8 Å². The Kier molecular flexibility index (Phi) is 4.86. The maximum atomic E-state index is 5.89. The molecule has 2 N–H and O–H groups in total. The van der Waals surface area contributed by atoms with Gasteiger partial charge in [0.25, 0.3) is 0 Å². The minimum atomic E-state index is 0.212. The molecule has 0 fully saturated rings. The van der Waals surface area contributed by atoms with E-state index in [-0.39, 0.29) is 5.41 Å². The van der Waals surface area contributed by atoms with E-state index in [4.69, 9.17) is 5.73 Å². The Labute approximate surface area is 94.7 Å². The zero-order chi connectivity index (χ0) is 12.2. The number of nitrogen functional groups attached to an aromatic ring is 1. The van der Waals surface area contributed by atoms with Gasteiger partial charge < -0.3 is 5.73 Å². The molecule has 0 aliphatic carbocycles. The molecule has 1 rings (SSSR count). The molecule has 0 aliphatic rings. The molecule has 0 spiro atoms. The van der Waals surface area contributed by atoms with Crippen molar-refractivity contribution in [2.45, 2.75) is 53.9 Å². The van der Waals surface area contributed by atoms with Gasteiger partial charge in [0.1, 0.15) is 0 Å². The van der Waals surface area contributed by atoms with Gasteiger partial charge in [0.05, 0.1) is 0 Å². The van der Waals surface area contributed by atoms with E-state index in [9.17, 15) is 0 Å². The van der Waals surface area contributed by atoms with Gasteiger partial charge in [-0.05, 0) is 36.0 Å². The Morgan fingerprint density at radius 1 is 0.933 bits per heavy atom. The van der Waals surface area contributed by atoms with Gasteiger partial charge in [0, 0.05) is 5.69 Å². The van der Waals surface area contributed by atoms with Crippen LogP contribution in [-0.4, -0.2) is 0 Å². The van der Waals surface area contributed by atoms with Crippen LogP contribution in [0.1, 0.15) is 51.3 Å². The van der Waals surface area contributed by atoms with Gasteiger partial charge in [0.2, 0.25) is 0 Å². The highest BCUT2D eigenvalue weighted by molar-refractivity contribution is 5.55. The lowest BCUT2D eigenvalue weighted by Gasteiger charge is -2.21. The summed E-state index contributed by atoms with van der Waals surface area (Å²) in [5.74, 6) is 0. The summed E-state index contributed by atoms with van der Waals surface area (Å²) in [6, 6.07) is 4.37. The summed E-state index contributed by atoms with van der Waals surface area (Å²) in [5, 5.41) is 0. The second-order valence-corrected chi connectivity index (χ2v) is 4.77. The summed E-state index contributed by atoms with van der Waals surface area (Å²) in [6.07, 6.45) is 0. The molecule has 0 saturated heterocycles. The van der Waals surface area contributed by atoms with Crippen molar-refractivity contribution in [3.05, 3.63) is 28.8 Å². The maximum Gasteiger partial charge on any atom is 0.0373 e. The van der Waals surface area contributed by atoms with Crippen LogP contribution in [0.15, 0.2) is 12.1 Å². The highest BCUT2D eigenvalue weighted by atomic mass is 14.6. The number of hydrogen-bond donors (Lipinski definition) is 1. The first-order valence-electron chi connectivity index (χ1n) is 5.69. The van der Waals surface area contributed by atoms with Crippen LogP contribution in [0, 0.1) is 13.8 Å². The lowest BCUT2D eigenvalue weighted by atomic mass is 9.85. The second-order valence-electron chi connectivity index (χ2n) is 4.77. The first kappa shape index (κ1) is 14.0. The van der Waals surface area contributed by atoms with E-state index >= 15 is 0 Å². The largest absolute Gasteiger partial charge is 0.398 e. The normalized spacial score (nSPS) is 10.6. The van der Waals surface area contributed by atoms with Crippen LogP contribution in [-0.2, 0) is 5.41 Å². The van der Waals surface area contributed by atoms with E-state index in [1.165, 1.54) is 16.7 Å². The van der Waals surface area contributed by atoms with Crippen molar-refractivity contribution in [3.8, 4) is 0 Å². The Morgan fingerprint density at radius 2 is 1.27 bits per heavy atom. The number of nitrogens with two attached hydrogens (primary N) is 1. The topological polar surface area (TPSA) is 26.0 Å². The Bertz CT molecular complexity index is 296. The van der Waals surface area contributed by atoms with Gasteiger partial charge >= 0.3 is 0 Å². The predicted molar refractivity (Wildman–Crippen MR) is 70.4 cm³/mol. The van der Waals surface area contributed by atoms with Crippen molar-refractivity contribution < 1.29 is 0 Å². The quantitative estimate of drug-likeness (QED) is 0.634. The average molecular weight is 207 g/mol. The predicted octanol–water partition coefficient (Wildman–Crippen LogP) is 4.21. The van der Waals surface area contributed by atoms with E-state index in [2.05, 4.69) is 46.8 Å². The monoisotopic (exact) mass is 207 g/mol. The molecule has 0 aromatic heterocycles. The van der Waals surface area contributed by atoms with Gasteiger partial charge in [-0.2, -0.15) is 0 Å². The third-order valence-electron chi connectivity index (χ3n) is 2.46. The standard InChI is InChI=1S/C12H19N.C2H6/c1-8-6-10(12(3,4)5)7-9(2)11(8)13;1-2/h6-7H,13H2,1-5H3;1-2H3. The molecule has 1 heteroatoms. The fourth-order valence-electron chi connectivity index (χ4n) is 1.41. The summed E-state index contributed by atoms with van der Waals surface area (Å²) in [5.41, 5.74) is 10.8. The van der Waals surface area contributed by atoms with Crippen LogP contribution in [0.3, 0.4) is 0 Å². The third kappa shape index (κ3) is 3.58. The van der Waals surface area contributed by atoms with Gasteiger partial charge in [0.15, 0.2) is 0 Å².